The van der Waals surface area contributed by atoms with Gasteiger partial charge in [0.05, 0.1) is 13.7 Å². The minimum atomic E-state index is 0.00560. The zero-order chi connectivity index (χ0) is 17.1. The molecule has 0 fully saturated rings. The number of carbonyl (C=O) groups excluding carboxylic acids is 1. The van der Waals surface area contributed by atoms with Gasteiger partial charge in [0, 0.05) is 16.7 Å². The van der Waals surface area contributed by atoms with Crippen LogP contribution in [0.25, 0.3) is 11.4 Å². The summed E-state index contributed by atoms with van der Waals surface area (Å²) in [5, 5.41) is 12.7. The third kappa shape index (κ3) is 3.17. The fraction of sp³-hybridized carbons (Fsp3) is 0.222. The third-order valence-electron chi connectivity index (χ3n) is 3.84. The Kier molecular flexibility index (Phi) is 4.37. The third-order valence-corrected chi connectivity index (χ3v) is 3.84. The lowest BCUT2D eigenvalue weighted by atomic mass is 10.1. The lowest BCUT2D eigenvalue weighted by molar-refractivity contribution is 0.101. The van der Waals surface area contributed by atoms with E-state index >= 15 is 0 Å². The second-order valence-electron chi connectivity index (χ2n) is 5.54. The summed E-state index contributed by atoms with van der Waals surface area (Å²) in [7, 11) is 1.60. The summed E-state index contributed by atoms with van der Waals surface area (Å²) in [6.45, 7) is 3.92. The number of methoxy groups -OCH3 is 1. The van der Waals surface area contributed by atoms with Crippen LogP contribution in [0.4, 0.5) is 0 Å². The highest BCUT2D eigenvalue weighted by molar-refractivity contribution is 5.94. The topological polar surface area (TPSA) is 69.9 Å². The van der Waals surface area contributed by atoms with Gasteiger partial charge >= 0.3 is 0 Å². The van der Waals surface area contributed by atoms with E-state index in [1.165, 1.54) is 11.7 Å². The van der Waals surface area contributed by atoms with E-state index in [1.54, 1.807) is 25.3 Å². The number of tetrazole rings is 1. The second kappa shape index (κ2) is 6.62. The molecule has 0 aliphatic rings. The summed E-state index contributed by atoms with van der Waals surface area (Å²) in [4.78, 5) is 13.1. The number of carbonyl (C=O) groups is 1. The maximum absolute atomic E-state index is 11.6. The van der Waals surface area contributed by atoms with Crippen LogP contribution >= 0.6 is 0 Å². The SMILES string of the molecule is COc1ccc(C(C)=O)cc1Cn1nnc(-c2ccccc2C)n1. The lowest BCUT2D eigenvalue weighted by Gasteiger charge is -2.09. The highest BCUT2D eigenvalue weighted by Crippen LogP contribution is 2.22. The minimum absolute atomic E-state index is 0.00560. The van der Waals surface area contributed by atoms with Crippen molar-refractivity contribution in [2.45, 2.75) is 20.4 Å². The van der Waals surface area contributed by atoms with E-state index in [2.05, 4.69) is 15.4 Å². The number of ketones is 1. The van der Waals surface area contributed by atoms with E-state index in [0.717, 1.165) is 16.7 Å². The van der Waals surface area contributed by atoms with Gasteiger partial charge in [-0.1, -0.05) is 24.3 Å². The van der Waals surface area contributed by atoms with Gasteiger partial charge in [0.25, 0.3) is 0 Å². The molecule has 1 aromatic heterocycles. The molecule has 24 heavy (non-hydrogen) atoms. The number of rotatable bonds is 5. The Balaban J connectivity index is 1.91. The zero-order valence-corrected chi connectivity index (χ0v) is 13.9. The van der Waals surface area contributed by atoms with Gasteiger partial charge in [0.15, 0.2) is 5.78 Å². The van der Waals surface area contributed by atoms with Crippen LogP contribution < -0.4 is 4.74 Å². The Morgan fingerprint density at radius 3 is 2.71 bits per heavy atom. The highest BCUT2D eigenvalue weighted by atomic mass is 16.5. The van der Waals surface area contributed by atoms with Crippen LogP contribution in [-0.4, -0.2) is 33.1 Å². The van der Waals surface area contributed by atoms with E-state index < -0.39 is 0 Å². The Morgan fingerprint density at radius 1 is 1.21 bits per heavy atom. The summed E-state index contributed by atoms with van der Waals surface area (Å²) in [5.74, 6) is 1.27. The molecular formula is C18H18N4O2. The Hall–Kier alpha value is -3.02. The summed E-state index contributed by atoms with van der Waals surface area (Å²) >= 11 is 0. The Labute approximate surface area is 140 Å². The molecule has 3 rings (SSSR count). The van der Waals surface area contributed by atoms with Gasteiger partial charge in [0.1, 0.15) is 5.75 Å². The molecule has 0 spiro atoms. The van der Waals surface area contributed by atoms with Crippen molar-refractivity contribution in [3.63, 3.8) is 0 Å². The summed E-state index contributed by atoms with van der Waals surface area (Å²) in [6.07, 6.45) is 0. The Morgan fingerprint density at radius 2 is 2.00 bits per heavy atom. The molecule has 122 valence electrons. The monoisotopic (exact) mass is 322 g/mol. The van der Waals surface area contributed by atoms with E-state index in [0.29, 0.717) is 23.7 Å². The van der Waals surface area contributed by atoms with Crippen molar-refractivity contribution in [2.75, 3.05) is 7.11 Å². The van der Waals surface area contributed by atoms with Gasteiger partial charge in [-0.25, -0.2) is 0 Å². The number of aryl methyl sites for hydroxylation is 1. The first-order valence-electron chi connectivity index (χ1n) is 7.60. The minimum Gasteiger partial charge on any atom is -0.496 e. The first-order chi connectivity index (χ1) is 11.6. The van der Waals surface area contributed by atoms with Crippen LogP contribution in [0, 0.1) is 6.92 Å². The number of Topliss-reactive ketones (excluding diaryl/α,β-unsaturated/α-hetero) is 1. The number of nitrogens with zero attached hydrogens (tertiary/aromatic N) is 4. The molecule has 0 N–H and O–H groups in total. The molecule has 0 atom stereocenters. The van der Waals surface area contributed by atoms with Gasteiger partial charge in [-0.05, 0) is 42.8 Å². The average Bonchev–Trinajstić information content (AvgIpc) is 3.03. The number of ether oxygens (including phenoxy) is 1. The molecule has 6 heteroatoms. The quantitative estimate of drug-likeness (QED) is 0.676. The number of benzene rings is 2. The smallest absolute Gasteiger partial charge is 0.205 e. The molecule has 2 aromatic carbocycles. The highest BCUT2D eigenvalue weighted by Gasteiger charge is 2.12. The number of aromatic nitrogens is 4. The summed E-state index contributed by atoms with van der Waals surface area (Å²) in [5.41, 5.74) is 3.50. The Bertz CT molecular complexity index is 886. The molecule has 0 saturated heterocycles. The van der Waals surface area contributed by atoms with Gasteiger partial charge < -0.3 is 4.74 Å². The van der Waals surface area contributed by atoms with Crippen molar-refractivity contribution in [3.8, 4) is 17.1 Å². The maximum Gasteiger partial charge on any atom is 0.205 e. The first-order valence-corrected chi connectivity index (χ1v) is 7.60. The van der Waals surface area contributed by atoms with E-state index in [-0.39, 0.29) is 5.78 Å². The molecule has 0 unspecified atom stereocenters. The maximum atomic E-state index is 11.6. The molecule has 3 aromatic rings. The van der Waals surface area contributed by atoms with Gasteiger partial charge in [-0.3, -0.25) is 4.79 Å². The van der Waals surface area contributed by atoms with Crippen LogP contribution in [0.3, 0.4) is 0 Å². The van der Waals surface area contributed by atoms with E-state index in [1.807, 2.05) is 31.2 Å². The molecule has 0 bridgehead atoms. The van der Waals surface area contributed by atoms with E-state index in [9.17, 15) is 4.79 Å². The average molecular weight is 322 g/mol. The van der Waals surface area contributed by atoms with Crippen molar-refractivity contribution in [1.82, 2.24) is 20.2 Å². The lowest BCUT2D eigenvalue weighted by Crippen LogP contribution is -2.07. The van der Waals surface area contributed by atoms with Crippen LogP contribution in [0.5, 0.6) is 5.75 Å². The molecule has 0 aliphatic carbocycles. The second-order valence-corrected chi connectivity index (χ2v) is 5.54. The molecule has 0 saturated carbocycles. The normalized spacial score (nSPS) is 10.6. The van der Waals surface area contributed by atoms with Gasteiger partial charge in [-0.2, -0.15) is 4.80 Å². The number of hydrogen-bond acceptors (Lipinski definition) is 5. The predicted octanol–water partition coefficient (Wildman–Crippen LogP) is 2.91. The van der Waals surface area contributed by atoms with Crippen LogP contribution in [0.2, 0.25) is 0 Å². The fourth-order valence-corrected chi connectivity index (χ4v) is 2.52. The first kappa shape index (κ1) is 15.9. The van der Waals surface area contributed by atoms with Crippen molar-refractivity contribution >= 4 is 5.78 Å². The number of hydrogen-bond donors (Lipinski definition) is 0. The van der Waals surface area contributed by atoms with Crippen LogP contribution in [0.15, 0.2) is 42.5 Å². The molecule has 1 heterocycles. The molecule has 0 radical (unpaired) electrons. The standard InChI is InChI=1S/C18H18N4O2/c1-12-6-4-5-7-16(12)18-19-21-22(20-18)11-15-10-14(13(2)23)8-9-17(15)24-3/h4-10H,11H2,1-3H3. The molecule has 0 aliphatic heterocycles. The molecule has 6 nitrogen and oxygen atoms in total. The zero-order valence-electron chi connectivity index (χ0n) is 13.9. The van der Waals surface area contributed by atoms with Crippen molar-refractivity contribution in [3.05, 3.63) is 59.2 Å². The van der Waals surface area contributed by atoms with Crippen LogP contribution in [-0.2, 0) is 6.54 Å². The van der Waals surface area contributed by atoms with Gasteiger partial charge in [0.2, 0.25) is 5.82 Å². The van der Waals surface area contributed by atoms with E-state index in [4.69, 9.17) is 4.74 Å². The van der Waals surface area contributed by atoms with Crippen LogP contribution in [0.1, 0.15) is 28.4 Å². The molecule has 0 amide bonds. The van der Waals surface area contributed by atoms with Crippen molar-refractivity contribution < 1.29 is 9.53 Å². The van der Waals surface area contributed by atoms with Gasteiger partial charge in [-0.15, -0.1) is 10.2 Å². The summed E-state index contributed by atoms with van der Waals surface area (Å²) in [6, 6.07) is 13.2. The fourth-order valence-electron chi connectivity index (χ4n) is 2.52. The molecular weight excluding hydrogens is 304 g/mol. The summed E-state index contributed by atoms with van der Waals surface area (Å²) < 4.78 is 5.36. The predicted molar refractivity (Wildman–Crippen MR) is 90.1 cm³/mol. The largest absolute Gasteiger partial charge is 0.496 e. The van der Waals surface area contributed by atoms with Crippen molar-refractivity contribution in [2.24, 2.45) is 0 Å². The van der Waals surface area contributed by atoms with Crippen molar-refractivity contribution in [1.29, 1.82) is 0 Å².